The van der Waals surface area contributed by atoms with Crippen molar-refractivity contribution in [3.8, 4) is 0 Å². The Morgan fingerprint density at radius 2 is 1.72 bits per heavy atom. The molecule has 0 saturated heterocycles. The zero-order valence-corrected chi connectivity index (χ0v) is 14.5. The van der Waals surface area contributed by atoms with Gasteiger partial charge >= 0.3 is 17.9 Å². The fraction of sp³-hybridized carbons (Fsp3) is 0.471. The van der Waals surface area contributed by atoms with Crippen LogP contribution in [0.4, 0.5) is 0 Å². The highest BCUT2D eigenvalue weighted by molar-refractivity contribution is 6.05. The molecule has 2 atom stereocenters. The van der Waals surface area contributed by atoms with E-state index >= 15 is 0 Å². The number of aliphatic carboxylic acids is 1. The molecule has 0 radical (unpaired) electrons. The number of benzene rings is 1. The van der Waals surface area contributed by atoms with Gasteiger partial charge in [-0.05, 0) is 26.3 Å². The molecule has 0 aliphatic heterocycles. The molecule has 0 aromatic heterocycles. The summed E-state index contributed by atoms with van der Waals surface area (Å²) >= 11 is 0. The van der Waals surface area contributed by atoms with Gasteiger partial charge in [-0.25, -0.2) is 9.59 Å². The van der Waals surface area contributed by atoms with Gasteiger partial charge in [-0.15, -0.1) is 0 Å². The number of ether oxygens (including phenoxy) is 2. The molecule has 0 bridgehead atoms. The third-order valence-electron chi connectivity index (χ3n) is 3.30. The van der Waals surface area contributed by atoms with E-state index in [9.17, 15) is 19.5 Å². The quantitative estimate of drug-likeness (QED) is 0.477. The first-order valence-corrected chi connectivity index (χ1v) is 7.67. The van der Waals surface area contributed by atoms with Crippen molar-refractivity contribution in [1.82, 2.24) is 0 Å². The van der Waals surface area contributed by atoms with Crippen LogP contribution in [0.1, 0.15) is 32.8 Å². The van der Waals surface area contributed by atoms with Crippen molar-refractivity contribution < 1.29 is 29.0 Å². The van der Waals surface area contributed by atoms with Gasteiger partial charge in [0.25, 0.3) is 0 Å². The molecular formula is C17H24N2O6. The maximum atomic E-state index is 12.2. The van der Waals surface area contributed by atoms with Crippen molar-refractivity contribution in [2.75, 3.05) is 0 Å². The Hall–Kier alpha value is -2.45. The van der Waals surface area contributed by atoms with Crippen LogP contribution in [0.15, 0.2) is 30.3 Å². The minimum absolute atomic E-state index is 0.00345. The molecule has 1 rings (SSSR count). The molecule has 0 heterocycles. The Balaban J connectivity index is 2.75. The summed E-state index contributed by atoms with van der Waals surface area (Å²) in [7, 11) is 0. The molecule has 0 amide bonds. The Kier molecular flexibility index (Phi) is 6.66. The van der Waals surface area contributed by atoms with Crippen LogP contribution in [0.25, 0.3) is 0 Å². The normalized spacial score (nSPS) is 14.9. The average molecular weight is 352 g/mol. The summed E-state index contributed by atoms with van der Waals surface area (Å²) < 4.78 is 10.1. The first kappa shape index (κ1) is 20.6. The smallest absolute Gasteiger partial charge is 0.340 e. The molecule has 0 aliphatic carbocycles. The number of carbonyl (C=O) groups excluding carboxylic acids is 2. The van der Waals surface area contributed by atoms with Crippen molar-refractivity contribution >= 4 is 17.9 Å². The first-order valence-electron chi connectivity index (χ1n) is 7.67. The fourth-order valence-corrected chi connectivity index (χ4v) is 1.90. The Morgan fingerprint density at radius 1 is 1.16 bits per heavy atom. The second-order valence-electron chi connectivity index (χ2n) is 6.63. The van der Waals surface area contributed by atoms with Crippen molar-refractivity contribution in [1.29, 1.82) is 0 Å². The van der Waals surface area contributed by atoms with Crippen molar-refractivity contribution in [3.63, 3.8) is 0 Å². The zero-order valence-electron chi connectivity index (χ0n) is 14.5. The molecule has 0 spiro atoms. The first-order chi connectivity index (χ1) is 11.5. The molecule has 8 nitrogen and oxygen atoms in total. The predicted molar refractivity (Wildman–Crippen MR) is 89.2 cm³/mol. The van der Waals surface area contributed by atoms with Crippen LogP contribution in [0.2, 0.25) is 0 Å². The number of carboxylic acids is 1. The van der Waals surface area contributed by atoms with Crippen LogP contribution in [-0.4, -0.2) is 40.2 Å². The summed E-state index contributed by atoms with van der Waals surface area (Å²) in [6.07, 6.45) is -0.547. The van der Waals surface area contributed by atoms with Crippen LogP contribution >= 0.6 is 0 Å². The van der Waals surface area contributed by atoms with Gasteiger partial charge in [0, 0.05) is 0 Å². The number of esters is 2. The lowest BCUT2D eigenvalue weighted by Crippen LogP contribution is -2.67. The number of nitrogens with two attached hydrogens (primary N) is 2. The van der Waals surface area contributed by atoms with E-state index in [-0.39, 0.29) is 6.61 Å². The highest BCUT2D eigenvalue weighted by atomic mass is 16.6. The Labute approximate surface area is 146 Å². The van der Waals surface area contributed by atoms with Crippen molar-refractivity contribution in [2.45, 2.75) is 51.0 Å². The topological polar surface area (TPSA) is 142 Å². The van der Waals surface area contributed by atoms with E-state index < -0.39 is 41.5 Å². The van der Waals surface area contributed by atoms with Gasteiger partial charge in [-0.1, -0.05) is 30.3 Å². The van der Waals surface area contributed by atoms with Gasteiger partial charge in [-0.2, -0.15) is 0 Å². The fourth-order valence-electron chi connectivity index (χ4n) is 1.90. The molecule has 1 aromatic rings. The van der Waals surface area contributed by atoms with E-state index in [4.69, 9.17) is 20.9 Å². The maximum absolute atomic E-state index is 12.2. The van der Waals surface area contributed by atoms with Crippen LogP contribution < -0.4 is 11.5 Å². The highest BCUT2D eigenvalue weighted by Crippen LogP contribution is 2.18. The number of hydrogen-bond acceptors (Lipinski definition) is 7. The summed E-state index contributed by atoms with van der Waals surface area (Å²) in [5.41, 5.74) is 8.67. The van der Waals surface area contributed by atoms with Crippen LogP contribution in [-0.2, 0) is 30.5 Å². The second-order valence-corrected chi connectivity index (χ2v) is 6.63. The van der Waals surface area contributed by atoms with E-state index in [2.05, 4.69) is 0 Å². The second kappa shape index (κ2) is 8.09. The van der Waals surface area contributed by atoms with Crippen molar-refractivity contribution in [3.05, 3.63) is 35.9 Å². The maximum Gasteiger partial charge on any atom is 0.340 e. The number of hydrogen-bond donors (Lipinski definition) is 3. The Bertz CT molecular complexity index is 626. The summed E-state index contributed by atoms with van der Waals surface area (Å²) in [5, 5.41) is 9.33. The Morgan fingerprint density at radius 3 is 2.20 bits per heavy atom. The molecule has 1 aromatic carbocycles. The summed E-state index contributed by atoms with van der Waals surface area (Å²) in [6, 6.07) is 7.40. The molecule has 138 valence electrons. The van der Waals surface area contributed by atoms with Gasteiger partial charge in [0.1, 0.15) is 12.2 Å². The molecule has 1 unspecified atom stereocenters. The third kappa shape index (κ3) is 5.84. The van der Waals surface area contributed by atoms with Gasteiger partial charge in [-0.3, -0.25) is 4.79 Å². The van der Waals surface area contributed by atoms with Crippen LogP contribution in [0.3, 0.4) is 0 Å². The van der Waals surface area contributed by atoms with E-state index in [0.29, 0.717) is 0 Å². The van der Waals surface area contributed by atoms with Gasteiger partial charge in [0.15, 0.2) is 0 Å². The van der Waals surface area contributed by atoms with Crippen molar-refractivity contribution in [2.24, 2.45) is 11.5 Å². The lowest BCUT2D eigenvalue weighted by molar-refractivity contribution is -0.170. The van der Waals surface area contributed by atoms with Gasteiger partial charge < -0.3 is 26.0 Å². The number of carbonyl (C=O) groups is 3. The van der Waals surface area contributed by atoms with E-state index in [1.54, 1.807) is 45.0 Å². The number of rotatable bonds is 7. The monoisotopic (exact) mass is 352 g/mol. The van der Waals surface area contributed by atoms with Gasteiger partial charge in [0.2, 0.25) is 5.54 Å². The minimum Gasteiger partial charge on any atom is -0.479 e. The predicted octanol–water partition coefficient (Wildman–Crippen LogP) is 0.571. The SMILES string of the molecule is CC(C)(C)OC(=O)[C@@](N)(C(=O)O)C(N)CC(=O)OCc1ccccc1. The van der Waals surface area contributed by atoms with E-state index in [0.717, 1.165) is 5.56 Å². The summed E-state index contributed by atoms with van der Waals surface area (Å²) in [4.78, 5) is 35.6. The highest BCUT2D eigenvalue weighted by Gasteiger charge is 2.51. The molecule has 0 fully saturated rings. The summed E-state index contributed by atoms with van der Waals surface area (Å²) in [6.45, 7) is 4.69. The molecule has 25 heavy (non-hydrogen) atoms. The lowest BCUT2D eigenvalue weighted by atomic mass is 9.89. The molecule has 0 aliphatic rings. The lowest BCUT2D eigenvalue weighted by Gasteiger charge is -2.31. The largest absolute Gasteiger partial charge is 0.479 e. The van der Waals surface area contributed by atoms with E-state index in [1.807, 2.05) is 6.07 Å². The molecular weight excluding hydrogens is 328 g/mol. The zero-order chi connectivity index (χ0) is 19.3. The van der Waals surface area contributed by atoms with E-state index in [1.165, 1.54) is 0 Å². The van der Waals surface area contributed by atoms with Crippen LogP contribution in [0, 0.1) is 0 Å². The molecule has 8 heteroatoms. The third-order valence-corrected chi connectivity index (χ3v) is 3.30. The number of carboxylic acid groups (broad SMARTS) is 1. The standard InChI is InChI=1S/C17H24N2O6/c1-16(2,3)25-15(23)17(19,14(21)22)12(18)9-13(20)24-10-11-7-5-4-6-8-11/h4-8,12H,9-10,18-19H2,1-3H3,(H,21,22)/t12?,17-/m0/s1. The minimum atomic E-state index is -2.56. The molecule has 5 N–H and O–H groups in total. The van der Waals surface area contributed by atoms with Gasteiger partial charge in [0.05, 0.1) is 12.5 Å². The van der Waals surface area contributed by atoms with Crippen LogP contribution in [0.5, 0.6) is 0 Å². The molecule has 0 saturated carbocycles. The average Bonchev–Trinajstić information content (AvgIpc) is 2.51. The summed E-state index contributed by atoms with van der Waals surface area (Å²) in [5.74, 6) is -3.66.